The van der Waals surface area contributed by atoms with Crippen molar-refractivity contribution in [3.8, 4) is 0 Å². The van der Waals surface area contributed by atoms with Crippen LogP contribution in [0.25, 0.3) is 0 Å². The Kier molecular flexibility index (Phi) is 58.0. The zero-order chi connectivity index (χ0) is 52.0. The van der Waals surface area contributed by atoms with Gasteiger partial charge in [-0.25, -0.2) is 0 Å². The van der Waals surface area contributed by atoms with Gasteiger partial charge in [-0.2, -0.15) is 0 Å². The number of aliphatic hydroxyl groups is 1. The number of esters is 2. The maximum absolute atomic E-state index is 12.3. The van der Waals surface area contributed by atoms with E-state index in [-0.39, 0.29) is 25.2 Å². The predicted octanol–water partition coefficient (Wildman–Crippen LogP) is 20.4. The number of hydrogen-bond donors (Lipinski definition) is 1. The molecule has 1 atom stereocenters. The summed E-state index contributed by atoms with van der Waals surface area (Å²) in [4.78, 5) is 24.6. The van der Waals surface area contributed by atoms with E-state index >= 15 is 0 Å². The lowest BCUT2D eigenvalue weighted by molar-refractivity contribution is -0.161. The largest absolute Gasteiger partial charge is 0.462 e. The van der Waals surface area contributed by atoms with Crippen molar-refractivity contribution in [2.24, 2.45) is 0 Å². The normalized spacial score (nSPS) is 13.2. The second-order valence-electron chi connectivity index (χ2n) is 19.3. The summed E-state index contributed by atoms with van der Waals surface area (Å²) in [6, 6.07) is 0. The fourth-order valence-electron chi connectivity index (χ4n) is 8.06. The number of unbranched alkanes of at least 4 members (excludes halogenated alkanes) is 23. The molecule has 0 radical (unpaired) electrons. The predicted molar refractivity (Wildman–Crippen MR) is 315 cm³/mol. The molecule has 0 aromatic carbocycles. The van der Waals surface area contributed by atoms with Gasteiger partial charge in [0.2, 0.25) is 0 Å². The molecule has 0 aromatic heterocycles. The van der Waals surface area contributed by atoms with Gasteiger partial charge in [-0.05, 0) is 109 Å². The van der Waals surface area contributed by atoms with Gasteiger partial charge in [0.1, 0.15) is 6.61 Å². The zero-order valence-electron chi connectivity index (χ0n) is 46.6. The van der Waals surface area contributed by atoms with Gasteiger partial charge in [0, 0.05) is 12.8 Å². The van der Waals surface area contributed by atoms with Crippen molar-refractivity contribution in [2.75, 3.05) is 13.2 Å². The Labute approximate surface area is 445 Å². The topological polar surface area (TPSA) is 72.8 Å². The molecule has 1 N–H and O–H groups in total. The Morgan fingerprint density at radius 3 is 0.833 bits per heavy atom. The Morgan fingerprint density at radius 1 is 0.319 bits per heavy atom. The van der Waals surface area contributed by atoms with Crippen LogP contribution in [-0.2, 0) is 19.1 Å². The van der Waals surface area contributed by atoms with Crippen LogP contribution < -0.4 is 0 Å². The third-order valence-corrected chi connectivity index (χ3v) is 12.4. The summed E-state index contributed by atoms with van der Waals surface area (Å²) in [6.45, 7) is 3.92. The van der Waals surface area contributed by atoms with E-state index in [1.54, 1.807) is 0 Å². The summed E-state index contributed by atoms with van der Waals surface area (Å²) < 4.78 is 10.7. The maximum atomic E-state index is 12.3. The number of rotatable bonds is 53. The van der Waals surface area contributed by atoms with Gasteiger partial charge in [0.15, 0.2) is 6.10 Å². The van der Waals surface area contributed by atoms with Crippen LogP contribution >= 0.6 is 0 Å². The first-order valence-corrected chi connectivity index (χ1v) is 29.7. The minimum absolute atomic E-state index is 0.0746. The molecule has 0 aliphatic carbocycles. The van der Waals surface area contributed by atoms with Crippen molar-refractivity contribution in [1.82, 2.24) is 0 Å². The van der Waals surface area contributed by atoms with E-state index in [0.29, 0.717) is 12.8 Å². The molecule has 72 heavy (non-hydrogen) atoms. The molecule has 5 heteroatoms. The third kappa shape index (κ3) is 58.6. The van der Waals surface area contributed by atoms with Crippen LogP contribution in [0.15, 0.2) is 134 Å². The van der Waals surface area contributed by atoms with Gasteiger partial charge in [-0.1, -0.05) is 270 Å². The molecule has 0 amide bonds. The van der Waals surface area contributed by atoms with Crippen molar-refractivity contribution >= 4 is 11.9 Å². The molecular weight excluding hydrogens is 885 g/mol. The van der Waals surface area contributed by atoms with Gasteiger partial charge in [0.05, 0.1) is 6.61 Å². The minimum atomic E-state index is -0.784. The Balaban J connectivity index is 3.54. The Morgan fingerprint density at radius 2 is 0.556 bits per heavy atom. The van der Waals surface area contributed by atoms with Crippen LogP contribution in [0, 0.1) is 0 Å². The molecule has 1 unspecified atom stereocenters. The Bertz CT molecular complexity index is 1500. The quantitative estimate of drug-likeness (QED) is 0.0373. The lowest BCUT2D eigenvalue weighted by Gasteiger charge is -2.15. The third-order valence-electron chi connectivity index (χ3n) is 12.4. The number of allylic oxidation sites excluding steroid dienone is 22. The molecule has 0 aliphatic heterocycles. The first kappa shape index (κ1) is 68.0. The second kappa shape index (κ2) is 61.3. The fraction of sp³-hybridized carbons (Fsp3) is 0.642. The van der Waals surface area contributed by atoms with Gasteiger partial charge >= 0.3 is 11.9 Å². The van der Waals surface area contributed by atoms with E-state index < -0.39 is 6.10 Å². The zero-order valence-corrected chi connectivity index (χ0v) is 46.6. The summed E-state index contributed by atoms with van der Waals surface area (Å²) in [5.41, 5.74) is 0. The molecule has 0 spiro atoms. The number of aliphatic hydroxyl groups excluding tert-OH is 1. The second-order valence-corrected chi connectivity index (χ2v) is 19.3. The van der Waals surface area contributed by atoms with E-state index in [9.17, 15) is 14.7 Å². The number of ether oxygens (including phenoxy) is 2. The Hall–Kier alpha value is -3.96. The fourth-order valence-corrected chi connectivity index (χ4v) is 8.06. The first-order valence-electron chi connectivity index (χ1n) is 29.7. The molecule has 0 aromatic rings. The molecule has 0 saturated carbocycles. The molecule has 408 valence electrons. The van der Waals surface area contributed by atoms with E-state index in [1.165, 1.54) is 122 Å². The summed E-state index contributed by atoms with van der Waals surface area (Å²) >= 11 is 0. The van der Waals surface area contributed by atoms with Crippen molar-refractivity contribution in [2.45, 2.75) is 264 Å². The smallest absolute Gasteiger partial charge is 0.306 e. The molecule has 0 fully saturated rings. The van der Waals surface area contributed by atoms with Gasteiger partial charge in [0.25, 0.3) is 0 Å². The highest BCUT2D eigenvalue weighted by Crippen LogP contribution is 2.15. The molecule has 0 saturated heterocycles. The average molecular weight is 996 g/mol. The number of hydrogen-bond acceptors (Lipinski definition) is 5. The van der Waals surface area contributed by atoms with Gasteiger partial charge < -0.3 is 14.6 Å². The minimum Gasteiger partial charge on any atom is -0.462 e. The summed E-state index contributed by atoms with van der Waals surface area (Å²) in [7, 11) is 0. The van der Waals surface area contributed by atoms with Crippen LogP contribution in [0.1, 0.15) is 258 Å². The average Bonchev–Trinajstić information content (AvgIpc) is 3.38. The summed E-state index contributed by atoms with van der Waals surface area (Å²) in [5.74, 6) is -0.599. The molecule has 0 bridgehead atoms. The first-order chi connectivity index (χ1) is 35.6. The number of carbonyl (C=O) groups is 2. The van der Waals surface area contributed by atoms with Crippen LogP contribution in [0.3, 0.4) is 0 Å². The van der Waals surface area contributed by atoms with Gasteiger partial charge in [-0.15, -0.1) is 0 Å². The standard InChI is InChI=1S/C67H110O5/c1-3-5-7-9-11-13-15-17-19-21-23-25-27-29-31-32-33-34-36-38-40-42-44-46-48-50-52-54-56-58-60-62-67(70)72-65(63-68)64-71-66(69)61-59-57-55-53-51-49-47-45-43-41-39-37-35-30-28-26-24-22-20-18-16-14-12-10-8-6-4-2/h5-8,11-14,17-20,23-26,29-31,33-35,65,68H,3-4,9-10,15-16,21-22,27-28,32,36-64H2,1-2H3/b7-5-,8-6-,13-11-,14-12-,19-17-,20-18-,25-23-,26-24-,31-29-,34-33-,35-30-. The highest BCUT2D eigenvalue weighted by Gasteiger charge is 2.16. The lowest BCUT2D eigenvalue weighted by Crippen LogP contribution is -2.28. The maximum Gasteiger partial charge on any atom is 0.306 e. The van der Waals surface area contributed by atoms with E-state index in [1.807, 2.05) is 0 Å². The molecule has 5 nitrogen and oxygen atoms in total. The molecule has 0 heterocycles. The summed E-state index contributed by atoms with van der Waals surface area (Å²) in [6.07, 6.45) is 91.4. The van der Waals surface area contributed by atoms with Crippen LogP contribution in [-0.4, -0.2) is 36.4 Å². The van der Waals surface area contributed by atoms with Crippen LogP contribution in [0.5, 0.6) is 0 Å². The van der Waals surface area contributed by atoms with Crippen LogP contribution in [0.2, 0.25) is 0 Å². The highest BCUT2D eigenvalue weighted by molar-refractivity contribution is 5.70. The van der Waals surface area contributed by atoms with E-state index in [0.717, 1.165) is 109 Å². The number of carbonyl (C=O) groups excluding carboxylic acids is 2. The van der Waals surface area contributed by atoms with Crippen molar-refractivity contribution in [1.29, 1.82) is 0 Å². The SMILES string of the molecule is CC/C=C\C/C=C\C/C=C\C/C=C\C/C=C\C/C=C\CCCCCCCCCCCCCCC(=O)OC(CO)COC(=O)CCCCCCCCCCCCC/C=C\C/C=C\C/C=C\C/C=C\C/C=C\CC. The van der Waals surface area contributed by atoms with E-state index in [4.69, 9.17) is 9.47 Å². The highest BCUT2D eigenvalue weighted by atomic mass is 16.6. The van der Waals surface area contributed by atoms with Crippen molar-refractivity contribution < 1.29 is 24.2 Å². The monoisotopic (exact) mass is 995 g/mol. The van der Waals surface area contributed by atoms with Crippen molar-refractivity contribution in [3.63, 3.8) is 0 Å². The van der Waals surface area contributed by atoms with Crippen LogP contribution in [0.4, 0.5) is 0 Å². The molecular formula is C67H110O5. The molecule has 0 aliphatic rings. The lowest BCUT2D eigenvalue weighted by atomic mass is 10.0. The van der Waals surface area contributed by atoms with Crippen molar-refractivity contribution in [3.05, 3.63) is 134 Å². The summed E-state index contributed by atoms with van der Waals surface area (Å²) in [5, 5.41) is 9.67. The molecule has 0 rings (SSSR count). The van der Waals surface area contributed by atoms with E-state index in [2.05, 4.69) is 148 Å². The van der Waals surface area contributed by atoms with Gasteiger partial charge in [-0.3, -0.25) is 9.59 Å².